The van der Waals surface area contributed by atoms with Crippen LogP contribution < -0.4 is 11.1 Å². The Morgan fingerprint density at radius 3 is 2.58 bits per heavy atom. The zero-order chi connectivity index (χ0) is 16.3. The summed E-state index contributed by atoms with van der Waals surface area (Å²) in [5.74, 6) is -0.0691. The smallest absolute Gasteiger partial charge is 0.193 e. The molecule has 0 radical (unpaired) electrons. The molecule has 0 saturated carbocycles. The number of ether oxygens (including phenoxy) is 3. The largest absolute Gasteiger partial charge is 0.381 e. The first kappa shape index (κ1) is 19.4. The number of rotatable bonds is 3. The van der Waals surface area contributed by atoms with Crippen molar-refractivity contribution in [2.45, 2.75) is 38.6 Å². The maximum Gasteiger partial charge on any atom is 0.193 e. The van der Waals surface area contributed by atoms with Crippen LogP contribution in [0.15, 0.2) is 23.2 Å². The van der Waals surface area contributed by atoms with Crippen LogP contribution in [0.5, 0.6) is 0 Å². The maximum absolute atomic E-state index is 6.04. The minimum atomic E-state index is -0.464. The molecule has 1 aromatic rings. The zero-order valence-electron chi connectivity index (χ0n) is 14.2. The summed E-state index contributed by atoms with van der Waals surface area (Å²) < 4.78 is 17.2. The molecule has 2 aliphatic heterocycles. The molecule has 0 amide bonds. The lowest BCUT2D eigenvalue weighted by atomic mass is 10.1. The molecule has 1 unspecified atom stereocenters. The molecule has 0 bridgehead atoms. The molecule has 7 heteroatoms. The number of benzene rings is 1. The van der Waals surface area contributed by atoms with E-state index in [0.29, 0.717) is 32.3 Å². The molecule has 0 aromatic heterocycles. The lowest BCUT2D eigenvalue weighted by molar-refractivity contribution is -0.210. The van der Waals surface area contributed by atoms with Crippen LogP contribution in [0.25, 0.3) is 0 Å². The Hall–Kier alpha value is -0.900. The van der Waals surface area contributed by atoms with Gasteiger partial charge < -0.3 is 25.3 Å². The quantitative estimate of drug-likeness (QED) is 0.423. The van der Waals surface area contributed by atoms with Crippen molar-refractivity contribution in [1.82, 2.24) is 0 Å². The van der Waals surface area contributed by atoms with Crippen LogP contribution in [0.1, 0.15) is 24.0 Å². The van der Waals surface area contributed by atoms with Gasteiger partial charge in [0.1, 0.15) is 6.10 Å². The van der Waals surface area contributed by atoms with Crippen molar-refractivity contribution >= 4 is 35.6 Å². The minimum absolute atomic E-state index is 0. The number of hydrogen-bond acceptors (Lipinski definition) is 4. The first-order valence-electron chi connectivity index (χ1n) is 8.09. The molecule has 1 atom stereocenters. The van der Waals surface area contributed by atoms with Gasteiger partial charge in [-0.05, 0) is 37.1 Å². The van der Waals surface area contributed by atoms with E-state index in [9.17, 15) is 0 Å². The van der Waals surface area contributed by atoms with Crippen molar-refractivity contribution in [2.24, 2.45) is 10.7 Å². The summed E-state index contributed by atoms with van der Waals surface area (Å²) >= 11 is 0. The third-order valence-electron chi connectivity index (χ3n) is 4.13. The number of anilines is 1. The molecule has 1 spiro atoms. The van der Waals surface area contributed by atoms with Gasteiger partial charge >= 0.3 is 0 Å². The second-order valence-electron chi connectivity index (χ2n) is 6.30. The van der Waals surface area contributed by atoms with E-state index in [2.05, 4.69) is 30.2 Å². The van der Waals surface area contributed by atoms with Gasteiger partial charge in [0.05, 0.1) is 26.4 Å². The molecule has 6 nitrogen and oxygen atoms in total. The molecule has 3 rings (SSSR count). The SMILES string of the molecule is Cc1cc(C)cc(NC(N)=NCC2COC3(CCOCC3)O2)c1.I. The molecule has 2 saturated heterocycles. The molecular formula is C17H26IN3O3. The van der Waals surface area contributed by atoms with E-state index in [1.165, 1.54) is 11.1 Å². The summed E-state index contributed by atoms with van der Waals surface area (Å²) in [5.41, 5.74) is 9.31. The lowest BCUT2D eigenvalue weighted by Gasteiger charge is -2.31. The third-order valence-corrected chi connectivity index (χ3v) is 4.13. The van der Waals surface area contributed by atoms with Gasteiger partial charge in [0.15, 0.2) is 11.7 Å². The molecule has 1 aromatic carbocycles. The molecular weight excluding hydrogens is 421 g/mol. The average Bonchev–Trinajstić information content (AvgIpc) is 2.87. The third kappa shape index (κ3) is 5.05. The van der Waals surface area contributed by atoms with Crippen molar-refractivity contribution < 1.29 is 14.2 Å². The van der Waals surface area contributed by atoms with E-state index in [1.54, 1.807) is 0 Å². The van der Waals surface area contributed by atoms with E-state index in [4.69, 9.17) is 19.9 Å². The monoisotopic (exact) mass is 447 g/mol. The number of guanidine groups is 1. The number of aliphatic imine (C=N–C) groups is 1. The maximum atomic E-state index is 6.04. The van der Waals surface area contributed by atoms with Gasteiger partial charge in [-0.3, -0.25) is 4.99 Å². The number of hydrogen-bond donors (Lipinski definition) is 2. The highest BCUT2D eigenvalue weighted by Gasteiger charge is 2.42. The van der Waals surface area contributed by atoms with Crippen molar-refractivity contribution in [3.05, 3.63) is 29.3 Å². The van der Waals surface area contributed by atoms with Crippen LogP contribution in [0.3, 0.4) is 0 Å². The Labute approximate surface area is 160 Å². The van der Waals surface area contributed by atoms with E-state index < -0.39 is 5.79 Å². The Kier molecular flexibility index (Phi) is 6.85. The van der Waals surface area contributed by atoms with E-state index in [-0.39, 0.29) is 30.1 Å². The molecule has 134 valence electrons. The number of nitrogens with one attached hydrogen (secondary N) is 1. The average molecular weight is 447 g/mol. The number of nitrogens with zero attached hydrogens (tertiary/aromatic N) is 1. The normalized spacial score (nSPS) is 23.1. The summed E-state index contributed by atoms with van der Waals surface area (Å²) in [7, 11) is 0. The highest BCUT2D eigenvalue weighted by atomic mass is 127. The Morgan fingerprint density at radius 1 is 1.25 bits per heavy atom. The number of nitrogens with two attached hydrogens (primary N) is 1. The Balaban J connectivity index is 0.00000208. The van der Waals surface area contributed by atoms with Crippen molar-refractivity contribution in [2.75, 3.05) is 31.7 Å². The highest BCUT2D eigenvalue weighted by Crippen LogP contribution is 2.33. The molecule has 0 aliphatic carbocycles. The molecule has 2 aliphatic rings. The van der Waals surface area contributed by atoms with Gasteiger partial charge in [-0.1, -0.05) is 6.07 Å². The van der Waals surface area contributed by atoms with Gasteiger partial charge in [-0.15, -0.1) is 24.0 Å². The Bertz CT molecular complexity index is 568. The standard InChI is InChI=1S/C17H25N3O3.HI/c1-12-7-13(2)9-14(8-12)20-16(18)19-10-15-11-22-17(23-15)3-5-21-6-4-17;/h7-9,15H,3-6,10-11H2,1-2H3,(H3,18,19,20);1H. The van der Waals surface area contributed by atoms with E-state index in [1.807, 2.05) is 12.1 Å². The van der Waals surface area contributed by atoms with E-state index >= 15 is 0 Å². The van der Waals surface area contributed by atoms with Gasteiger partial charge in [0.25, 0.3) is 0 Å². The van der Waals surface area contributed by atoms with Gasteiger partial charge in [-0.25, -0.2) is 0 Å². The lowest BCUT2D eigenvalue weighted by Crippen LogP contribution is -2.38. The number of halogens is 1. The van der Waals surface area contributed by atoms with Crippen LogP contribution in [-0.4, -0.2) is 44.2 Å². The van der Waals surface area contributed by atoms with Gasteiger partial charge in [-0.2, -0.15) is 0 Å². The minimum Gasteiger partial charge on any atom is -0.381 e. The van der Waals surface area contributed by atoms with Crippen LogP contribution in [0, 0.1) is 13.8 Å². The second kappa shape index (κ2) is 8.46. The molecule has 24 heavy (non-hydrogen) atoms. The van der Waals surface area contributed by atoms with Gasteiger partial charge in [0.2, 0.25) is 0 Å². The topological polar surface area (TPSA) is 78.1 Å². The molecule has 3 N–H and O–H groups in total. The summed E-state index contributed by atoms with van der Waals surface area (Å²) in [4.78, 5) is 4.39. The second-order valence-corrected chi connectivity index (χ2v) is 6.30. The molecule has 2 fully saturated rings. The van der Waals surface area contributed by atoms with E-state index in [0.717, 1.165) is 18.5 Å². The van der Waals surface area contributed by atoms with Crippen LogP contribution in [-0.2, 0) is 14.2 Å². The number of aryl methyl sites for hydroxylation is 2. The fraction of sp³-hybridized carbons (Fsp3) is 0.588. The summed E-state index contributed by atoms with van der Waals surface area (Å²) in [6.45, 7) is 6.54. The first-order chi connectivity index (χ1) is 11.0. The first-order valence-corrected chi connectivity index (χ1v) is 8.09. The van der Waals surface area contributed by atoms with Crippen molar-refractivity contribution in [3.8, 4) is 0 Å². The predicted octanol–water partition coefficient (Wildman–Crippen LogP) is 2.57. The van der Waals surface area contributed by atoms with Gasteiger partial charge in [0, 0.05) is 18.5 Å². The fourth-order valence-corrected chi connectivity index (χ4v) is 3.09. The summed E-state index contributed by atoms with van der Waals surface area (Å²) in [5, 5.41) is 3.13. The van der Waals surface area contributed by atoms with Crippen LogP contribution >= 0.6 is 24.0 Å². The van der Waals surface area contributed by atoms with Crippen molar-refractivity contribution in [3.63, 3.8) is 0 Å². The van der Waals surface area contributed by atoms with Crippen LogP contribution in [0.2, 0.25) is 0 Å². The predicted molar refractivity (Wildman–Crippen MR) is 105 cm³/mol. The zero-order valence-corrected chi connectivity index (χ0v) is 16.5. The molecule has 2 heterocycles. The highest BCUT2D eigenvalue weighted by molar-refractivity contribution is 14.0. The summed E-state index contributed by atoms with van der Waals surface area (Å²) in [6, 6.07) is 6.21. The van der Waals surface area contributed by atoms with Crippen molar-refractivity contribution in [1.29, 1.82) is 0 Å². The van der Waals surface area contributed by atoms with Crippen LogP contribution in [0.4, 0.5) is 5.69 Å². The summed E-state index contributed by atoms with van der Waals surface area (Å²) in [6.07, 6.45) is 1.51. The fourth-order valence-electron chi connectivity index (χ4n) is 3.09. The Morgan fingerprint density at radius 2 is 1.92 bits per heavy atom.